The molecule has 1 fully saturated rings. The predicted molar refractivity (Wildman–Crippen MR) is 80.6 cm³/mol. The van der Waals surface area contributed by atoms with E-state index in [9.17, 15) is 4.79 Å². The van der Waals surface area contributed by atoms with Gasteiger partial charge in [-0.1, -0.05) is 30.3 Å². The zero-order chi connectivity index (χ0) is 14.6. The van der Waals surface area contributed by atoms with Crippen molar-refractivity contribution >= 4 is 5.91 Å². The molecule has 1 atom stereocenters. The van der Waals surface area contributed by atoms with Crippen molar-refractivity contribution in [1.29, 1.82) is 0 Å². The molecule has 1 amide bonds. The molecular weight excluding hydrogens is 250 g/mol. The Morgan fingerprint density at radius 3 is 2.65 bits per heavy atom. The lowest BCUT2D eigenvalue weighted by atomic mass is 10.0. The molecule has 0 aromatic heterocycles. The van der Waals surface area contributed by atoms with Crippen LogP contribution in [0.3, 0.4) is 0 Å². The Morgan fingerprint density at radius 1 is 1.30 bits per heavy atom. The summed E-state index contributed by atoms with van der Waals surface area (Å²) >= 11 is 0. The minimum atomic E-state index is -0.260. The van der Waals surface area contributed by atoms with E-state index >= 15 is 0 Å². The number of likely N-dealkylation sites (tertiary alicyclic amines) is 1. The topological polar surface area (TPSA) is 29.5 Å². The molecule has 1 aliphatic heterocycles. The van der Waals surface area contributed by atoms with Crippen molar-refractivity contribution in [1.82, 2.24) is 4.90 Å². The molecule has 1 aromatic rings. The summed E-state index contributed by atoms with van der Waals surface area (Å²) in [6, 6.07) is 10.7. The van der Waals surface area contributed by atoms with E-state index in [0.29, 0.717) is 6.04 Å². The van der Waals surface area contributed by atoms with E-state index in [4.69, 9.17) is 4.74 Å². The fourth-order valence-corrected chi connectivity index (χ4v) is 2.62. The minimum Gasteiger partial charge on any atom is -0.366 e. The number of ether oxygens (including phenoxy) is 1. The molecule has 0 aliphatic carbocycles. The fourth-order valence-electron chi connectivity index (χ4n) is 2.62. The fraction of sp³-hybridized carbons (Fsp3) is 0.588. The second-order valence-electron chi connectivity index (χ2n) is 6.47. The van der Waals surface area contributed by atoms with Crippen molar-refractivity contribution in [2.75, 3.05) is 13.2 Å². The van der Waals surface area contributed by atoms with E-state index < -0.39 is 0 Å². The first kappa shape index (κ1) is 15.0. The largest absolute Gasteiger partial charge is 0.366 e. The molecule has 2 rings (SSSR count). The second-order valence-corrected chi connectivity index (χ2v) is 6.47. The minimum absolute atomic E-state index is 0.123. The van der Waals surface area contributed by atoms with Crippen molar-refractivity contribution in [3.05, 3.63) is 35.9 Å². The summed E-state index contributed by atoms with van der Waals surface area (Å²) in [5.41, 5.74) is 1.04. The van der Waals surface area contributed by atoms with E-state index in [2.05, 4.69) is 24.3 Å². The molecule has 1 aliphatic rings. The molecular formula is C17H25NO2. The first-order chi connectivity index (χ1) is 9.46. The Balaban J connectivity index is 1.92. The third-order valence-electron chi connectivity index (χ3n) is 3.64. The van der Waals surface area contributed by atoms with Crippen LogP contribution in [0.5, 0.6) is 0 Å². The average molecular weight is 275 g/mol. The molecule has 1 heterocycles. The van der Waals surface area contributed by atoms with Gasteiger partial charge in [0, 0.05) is 12.6 Å². The molecule has 1 aromatic carbocycles. The number of nitrogens with zero attached hydrogens (tertiary/aromatic N) is 1. The summed E-state index contributed by atoms with van der Waals surface area (Å²) < 4.78 is 5.61. The lowest BCUT2D eigenvalue weighted by Crippen LogP contribution is -2.40. The molecule has 0 saturated carbocycles. The zero-order valence-electron chi connectivity index (χ0n) is 12.8. The van der Waals surface area contributed by atoms with Crippen LogP contribution in [-0.4, -0.2) is 35.6 Å². The maximum absolute atomic E-state index is 12.3. The molecule has 3 nitrogen and oxygen atoms in total. The van der Waals surface area contributed by atoms with Gasteiger partial charge in [0.1, 0.15) is 6.61 Å². The maximum Gasteiger partial charge on any atom is 0.248 e. The molecule has 0 bridgehead atoms. The van der Waals surface area contributed by atoms with Crippen molar-refractivity contribution < 1.29 is 9.53 Å². The van der Waals surface area contributed by atoms with Crippen molar-refractivity contribution in [2.24, 2.45) is 0 Å². The van der Waals surface area contributed by atoms with Gasteiger partial charge >= 0.3 is 0 Å². The summed E-state index contributed by atoms with van der Waals surface area (Å²) in [7, 11) is 0. The van der Waals surface area contributed by atoms with Crippen LogP contribution in [0.25, 0.3) is 0 Å². The lowest BCUT2D eigenvalue weighted by molar-refractivity contribution is -0.141. The number of amides is 1. The first-order valence-electron chi connectivity index (χ1n) is 7.43. The summed E-state index contributed by atoms with van der Waals surface area (Å²) in [4.78, 5) is 14.3. The Labute approximate surface area is 121 Å². The van der Waals surface area contributed by atoms with Crippen LogP contribution in [0, 0.1) is 0 Å². The van der Waals surface area contributed by atoms with E-state index in [1.807, 2.05) is 31.7 Å². The highest BCUT2D eigenvalue weighted by molar-refractivity contribution is 5.78. The number of benzene rings is 1. The highest BCUT2D eigenvalue weighted by Crippen LogP contribution is 2.21. The maximum atomic E-state index is 12.3. The number of rotatable bonds is 4. The molecule has 1 unspecified atom stereocenters. The summed E-state index contributed by atoms with van der Waals surface area (Å²) in [6.07, 6.45) is 3.14. The highest BCUT2D eigenvalue weighted by atomic mass is 16.5. The Morgan fingerprint density at radius 2 is 2.00 bits per heavy atom. The van der Waals surface area contributed by atoms with Crippen LogP contribution < -0.4 is 0 Å². The van der Waals surface area contributed by atoms with Crippen LogP contribution in [0.15, 0.2) is 30.3 Å². The van der Waals surface area contributed by atoms with E-state index in [0.717, 1.165) is 25.8 Å². The van der Waals surface area contributed by atoms with Crippen LogP contribution in [-0.2, 0) is 16.0 Å². The SMILES string of the molecule is CC(C)(C)OCC(=O)N1CCCC1Cc1ccccc1. The number of hydrogen-bond acceptors (Lipinski definition) is 2. The standard InChI is InChI=1S/C17H25NO2/c1-17(2,3)20-13-16(19)18-11-7-10-15(18)12-14-8-5-4-6-9-14/h4-6,8-9,15H,7,10-13H2,1-3H3. The summed E-state index contributed by atoms with van der Waals surface area (Å²) in [5.74, 6) is 0.123. The average Bonchev–Trinajstić information content (AvgIpc) is 2.84. The monoisotopic (exact) mass is 275 g/mol. The normalized spacial score (nSPS) is 19.4. The number of hydrogen-bond donors (Lipinski definition) is 0. The summed E-state index contributed by atoms with van der Waals surface area (Å²) in [5, 5.41) is 0. The van der Waals surface area contributed by atoms with Gasteiger partial charge in [0.2, 0.25) is 5.91 Å². The molecule has 110 valence electrons. The van der Waals surface area contributed by atoms with Gasteiger partial charge in [-0.05, 0) is 45.6 Å². The molecule has 1 saturated heterocycles. The molecule has 20 heavy (non-hydrogen) atoms. The van der Waals surface area contributed by atoms with Gasteiger partial charge in [0.05, 0.1) is 5.60 Å². The quantitative estimate of drug-likeness (QED) is 0.845. The molecule has 0 radical (unpaired) electrons. The van der Waals surface area contributed by atoms with Crippen molar-refractivity contribution in [2.45, 2.75) is 51.7 Å². The van der Waals surface area contributed by atoms with Gasteiger partial charge in [-0.25, -0.2) is 0 Å². The van der Waals surface area contributed by atoms with Crippen LogP contribution in [0.4, 0.5) is 0 Å². The van der Waals surface area contributed by atoms with E-state index in [1.165, 1.54) is 5.56 Å². The Bertz CT molecular complexity index is 436. The molecule has 3 heteroatoms. The van der Waals surface area contributed by atoms with Gasteiger partial charge in [0.15, 0.2) is 0 Å². The van der Waals surface area contributed by atoms with Gasteiger partial charge in [-0.3, -0.25) is 4.79 Å². The third-order valence-corrected chi connectivity index (χ3v) is 3.64. The molecule has 0 spiro atoms. The lowest BCUT2D eigenvalue weighted by Gasteiger charge is -2.27. The van der Waals surface area contributed by atoms with Crippen LogP contribution >= 0.6 is 0 Å². The predicted octanol–water partition coefficient (Wildman–Crippen LogP) is 3.04. The molecule has 0 N–H and O–H groups in total. The summed E-state index contributed by atoms with van der Waals surface area (Å²) in [6.45, 7) is 6.99. The van der Waals surface area contributed by atoms with Crippen molar-refractivity contribution in [3.8, 4) is 0 Å². The van der Waals surface area contributed by atoms with Gasteiger partial charge in [-0.2, -0.15) is 0 Å². The highest BCUT2D eigenvalue weighted by Gasteiger charge is 2.29. The smallest absolute Gasteiger partial charge is 0.248 e. The Kier molecular flexibility index (Phi) is 4.81. The zero-order valence-corrected chi connectivity index (χ0v) is 12.8. The van der Waals surface area contributed by atoms with Crippen molar-refractivity contribution in [3.63, 3.8) is 0 Å². The Hall–Kier alpha value is -1.35. The number of carbonyl (C=O) groups excluding carboxylic acids is 1. The van der Waals surface area contributed by atoms with Crippen LogP contribution in [0.1, 0.15) is 39.2 Å². The van der Waals surface area contributed by atoms with Gasteiger partial charge in [-0.15, -0.1) is 0 Å². The number of carbonyl (C=O) groups is 1. The third kappa shape index (κ3) is 4.34. The van der Waals surface area contributed by atoms with Crippen LogP contribution in [0.2, 0.25) is 0 Å². The van der Waals surface area contributed by atoms with Gasteiger partial charge in [0.25, 0.3) is 0 Å². The first-order valence-corrected chi connectivity index (χ1v) is 7.43. The van der Waals surface area contributed by atoms with E-state index in [-0.39, 0.29) is 18.1 Å². The van der Waals surface area contributed by atoms with E-state index in [1.54, 1.807) is 0 Å². The second kappa shape index (κ2) is 6.40. The van der Waals surface area contributed by atoms with Gasteiger partial charge < -0.3 is 9.64 Å².